The first-order valence-corrected chi connectivity index (χ1v) is 6.42. The second kappa shape index (κ2) is 5.01. The first-order chi connectivity index (χ1) is 10.1. The second-order valence-electron chi connectivity index (χ2n) is 4.80. The summed E-state index contributed by atoms with van der Waals surface area (Å²) in [6, 6.07) is 9.34. The van der Waals surface area contributed by atoms with E-state index in [0.717, 1.165) is 23.0 Å². The summed E-state index contributed by atoms with van der Waals surface area (Å²) in [6.45, 7) is 1.51. The van der Waals surface area contributed by atoms with Gasteiger partial charge in [-0.05, 0) is 42.8 Å². The topological polar surface area (TPSA) is 50.9 Å². The van der Waals surface area contributed by atoms with E-state index in [4.69, 9.17) is 5.73 Å². The van der Waals surface area contributed by atoms with Crippen molar-refractivity contribution in [3.8, 4) is 0 Å². The molecular formula is C16H13F2N3. The van der Waals surface area contributed by atoms with Gasteiger partial charge in [-0.25, -0.2) is 8.78 Å². The van der Waals surface area contributed by atoms with E-state index in [9.17, 15) is 8.78 Å². The van der Waals surface area contributed by atoms with Crippen LogP contribution < -0.4 is 11.1 Å². The van der Waals surface area contributed by atoms with Crippen molar-refractivity contribution in [3.05, 3.63) is 59.8 Å². The van der Waals surface area contributed by atoms with Crippen LogP contribution in [0.2, 0.25) is 0 Å². The first kappa shape index (κ1) is 13.3. The van der Waals surface area contributed by atoms with E-state index in [1.807, 2.05) is 6.07 Å². The number of nitrogens with one attached hydrogen (secondary N) is 1. The first-order valence-electron chi connectivity index (χ1n) is 6.42. The summed E-state index contributed by atoms with van der Waals surface area (Å²) in [5, 5.41) is 3.59. The fourth-order valence-electron chi connectivity index (χ4n) is 2.17. The molecule has 3 N–H and O–H groups in total. The van der Waals surface area contributed by atoms with E-state index in [2.05, 4.69) is 10.3 Å². The Kier molecular flexibility index (Phi) is 3.17. The van der Waals surface area contributed by atoms with Crippen molar-refractivity contribution in [2.75, 3.05) is 11.1 Å². The van der Waals surface area contributed by atoms with Gasteiger partial charge in [-0.1, -0.05) is 0 Å². The molecule has 21 heavy (non-hydrogen) atoms. The average molecular weight is 285 g/mol. The molecule has 0 saturated heterocycles. The second-order valence-corrected chi connectivity index (χ2v) is 4.80. The molecule has 2 aromatic carbocycles. The number of halogens is 2. The van der Waals surface area contributed by atoms with Crippen LogP contribution in [0, 0.1) is 18.6 Å². The number of nitrogen functional groups attached to an aromatic ring is 1. The van der Waals surface area contributed by atoms with Gasteiger partial charge in [-0.2, -0.15) is 0 Å². The molecule has 0 spiro atoms. The van der Waals surface area contributed by atoms with Crippen LogP contribution in [0.15, 0.2) is 42.6 Å². The number of anilines is 3. The lowest BCUT2D eigenvalue weighted by Gasteiger charge is -2.12. The van der Waals surface area contributed by atoms with Crippen LogP contribution in [0.4, 0.5) is 25.8 Å². The third-order valence-electron chi connectivity index (χ3n) is 3.34. The Hall–Kier alpha value is -2.69. The summed E-state index contributed by atoms with van der Waals surface area (Å²) in [7, 11) is 0. The molecule has 1 aromatic heterocycles. The van der Waals surface area contributed by atoms with Crippen LogP contribution >= 0.6 is 0 Å². The van der Waals surface area contributed by atoms with E-state index in [-0.39, 0.29) is 11.3 Å². The SMILES string of the molecule is Cc1cc(F)c(Nc2ccc3ncccc3c2N)cc1F. The maximum absolute atomic E-state index is 13.9. The molecule has 3 rings (SSSR count). The number of rotatable bonds is 2. The normalized spacial score (nSPS) is 10.8. The minimum Gasteiger partial charge on any atom is -0.396 e. The molecule has 1 heterocycles. The Morgan fingerprint density at radius 3 is 2.67 bits per heavy atom. The summed E-state index contributed by atoms with van der Waals surface area (Å²) in [6.07, 6.45) is 1.67. The number of benzene rings is 2. The van der Waals surface area contributed by atoms with Crippen molar-refractivity contribution >= 4 is 28.0 Å². The smallest absolute Gasteiger partial charge is 0.147 e. The zero-order valence-corrected chi connectivity index (χ0v) is 11.3. The summed E-state index contributed by atoms with van der Waals surface area (Å²) in [4.78, 5) is 4.19. The van der Waals surface area contributed by atoms with Crippen molar-refractivity contribution in [2.24, 2.45) is 0 Å². The monoisotopic (exact) mass is 285 g/mol. The van der Waals surface area contributed by atoms with Gasteiger partial charge in [0.2, 0.25) is 0 Å². The van der Waals surface area contributed by atoms with Crippen molar-refractivity contribution < 1.29 is 8.78 Å². The highest BCUT2D eigenvalue weighted by molar-refractivity contribution is 5.97. The summed E-state index contributed by atoms with van der Waals surface area (Å²) in [5.74, 6) is -1.00. The molecule has 0 saturated carbocycles. The van der Waals surface area contributed by atoms with Crippen molar-refractivity contribution in [1.82, 2.24) is 4.98 Å². The lowest BCUT2D eigenvalue weighted by atomic mass is 10.1. The zero-order valence-electron chi connectivity index (χ0n) is 11.3. The molecule has 0 aliphatic carbocycles. The number of aryl methyl sites for hydroxylation is 1. The summed E-state index contributed by atoms with van der Waals surface area (Å²) >= 11 is 0. The highest BCUT2D eigenvalue weighted by Gasteiger charge is 2.10. The van der Waals surface area contributed by atoms with Crippen LogP contribution in [0.5, 0.6) is 0 Å². The fourth-order valence-corrected chi connectivity index (χ4v) is 2.17. The highest BCUT2D eigenvalue weighted by atomic mass is 19.1. The van der Waals surface area contributed by atoms with Crippen molar-refractivity contribution in [3.63, 3.8) is 0 Å². The zero-order chi connectivity index (χ0) is 15.0. The third kappa shape index (κ3) is 2.38. The van der Waals surface area contributed by atoms with Crippen LogP contribution in [0.25, 0.3) is 10.9 Å². The predicted octanol–water partition coefficient (Wildman–Crippen LogP) is 4.15. The number of aromatic nitrogens is 1. The molecule has 0 fully saturated rings. The molecule has 3 nitrogen and oxygen atoms in total. The summed E-state index contributed by atoms with van der Waals surface area (Å²) in [5.41, 5.74) is 8.08. The van der Waals surface area contributed by atoms with Gasteiger partial charge >= 0.3 is 0 Å². The number of pyridine rings is 1. The molecule has 0 unspecified atom stereocenters. The molecule has 0 aliphatic heterocycles. The number of fused-ring (bicyclic) bond motifs is 1. The minimum absolute atomic E-state index is 0.0491. The van der Waals surface area contributed by atoms with Crippen molar-refractivity contribution in [2.45, 2.75) is 6.92 Å². The van der Waals surface area contributed by atoms with E-state index in [1.54, 1.807) is 24.4 Å². The van der Waals surface area contributed by atoms with Gasteiger partial charge in [0.25, 0.3) is 0 Å². The van der Waals surface area contributed by atoms with Gasteiger partial charge < -0.3 is 11.1 Å². The molecule has 0 amide bonds. The van der Waals surface area contributed by atoms with Gasteiger partial charge in [0, 0.05) is 17.6 Å². The average Bonchev–Trinajstić information content (AvgIpc) is 2.48. The predicted molar refractivity (Wildman–Crippen MR) is 80.5 cm³/mol. The minimum atomic E-state index is -0.528. The molecule has 0 aliphatic rings. The number of hydrogen-bond donors (Lipinski definition) is 2. The Balaban J connectivity index is 2.06. The van der Waals surface area contributed by atoms with Gasteiger partial charge in [0.1, 0.15) is 11.6 Å². The largest absolute Gasteiger partial charge is 0.396 e. The van der Waals surface area contributed by atoms with E-state index >= 15 is 0 Å². The Labute approximate surface area is 120 Å². The standard InChI is InChI=1S/C16H13F2N3/c1-9-7-12(18)15(8-11(9)17)21-14-5-4-13-10(16(14)19)3-2-6-20-13/h2-8,21H,19H2,1H3. The van der Waals surface area contributed by atoms with Gasteiger partial charge in [0.15, 0.2) is 0 Å². The maximum Gasteiger partial charge on any atom is 0.147 e. The van der Waals surface area contributed by atoms with Crippen molar-refractivity contribution in [1.29, 1.82) is 0 Å². The molecule has 0 atom stereocenters. The van der Waals surface area contributed by atoms with Crippen LogP contribution in [-0.4, -0.2) is 4.98 Å². The van der Waals surface area contributed by atoms with E-state index in [1.165, 1.54) is 6.92 Å². The van der Waals surface area contributed by atoms with Gasteiger partial charge in [0.05, 0.1) is 22.6 Å². The number of hydrogen-bond acceptors (Lipinski definition) is 3. The Morgan fingerprint density at radius 1 is 1.05 bits per heavy atom. The van der Waals surface area contributed by atoms with E-state index < -0.39 is 11.6 Å². The lowest BCUT2D eigenvalue weighted by Crippen LogP contribution is -2.00. The van der Waals surface area contributed by atoms with Crippen LogP contribution in [-0.2, 0) is 0 Å². The molecule has 0 bridgehead atoms. The van der Waals surface area contributed by atoms with E-state index in [0.29, 0.717) is 11.4 Å². The molecule has 3 aromatic rings. The molecule has 5 heteroatoms. The quantitative estimate of drug-likeness (QED) is 0.695. The maximum atomic E-state index is 13.9. The van der Waals surface area contributed by atoms with Crippen LogP contribution in [0.1, 0.15) is 5.56 Å². The molecule has 0 radical (unpaired) electrons. The van der Waals surface area contributed by atoms with Crippen LogP contribution in [0.3, 0.4) is 0 Å². The lowest BCUT2D eigenvalue weighted by molar-refractivity contribution is 0.595. The number of nitrogens with zero attached hydrogens (tertiary/aromatic N) is 1. The number of nitrogens with two attached hydrogens (primary N) is 1. The highest BCUT2D eigenvalue weighted by Crippen LogP contribution is 2.31. The third-order valence-corrected chi connectivity index (χ3v) is 3.34. The Bertz CT molecular complexity index is 831. The Morgan fingerprint density at radius 2 is 1.86 bits per heavy atom. The van der Waals surface area contributed by atoms with Gasteiger partial charge in [-0.15, -0.1) is 0 Å². The molecule has 106 valence electrons. The summed E-state index contributed by atoms with van der Waals surface area (Å²) < 4.78 is 27.4. The fraction of sp³-hybridized carbons (Fsp3) is 0.0625. The molecular weight excluding hydrogens is 272 g/mol. The van der Waals surface area contributed by atoms with Gasteiger partial charge in [-0.3, -0.25) is 4.98 Å².